The lowest BCUT2D eigenvalue weighted by Crippen LogP contribution is -2.32. The van der Waals surface area contributed by atoms with Crippen molar-refractivity contribution in [2.75, 3.05) is 5.32 Å². The second-order valence-electron chi connectivity index (χ2n) is 7.21. The van der Waals surface area contributed by atoms with E-state index in [1.165, 1.54) is 12.4 Å². The molecule has 2 aliphatic rings. The third-order valence-electron chi connectivity index (χ3n) is 5.44. The summed E-state index contributed by atoms with van der Waals surface area (Å²) in [4.78, 5) is 5.51. The second kappa shape index (κ2) is 7.19. The summed E-state index contributed by atoms with van der Waals surface area (Å²) in [6, 6.07) is 14.3. The first-order chi connectivity index (χ1) is 15.1. The van der Waals surface area contributed by atoms with E-state index in [-0.39, 0.29) is 11.9 Å². The van der Waals surface area contributed by atoms with Crippen LogP contribution >= 0.6 is 38.9 Å². The molecule has 0 saturated heterocycles. The molecule has 0 unspecified atom stereocenters. The number of fused-ring (bicyclic) bond motifs is 3. The Labute approximate surface area is 194 Å². The third kappa shape index (κ3) is 3.01. The van der Waals surface area contributed by atoms with E-state index in [1.807, 2.05) is 28.3 Å². The van der Waals surface area contributed by atoms with Crippen molar-refractivity contribution in [2.24, 2.45) is 0 Å². The molecule has 4 aromatic rings. The molecule has 0 amide bonds. The highest BCUT2D eigenvalue weighted by Gasteiger charge is 2.41. The second-order valence-corrected chi connectivity index (χ2v) is 9.48. The Morgan fingerprint density at radius 1 is 1.19 bits per heavy atom. The molecule has 2 atom stereocenters. The molecule has 0 saturated carbocycles. The maximum atomic E-state index is 14.0. The van der Waals surface area contributed by atoms with Gasteiger partial charge in [-0.2, -0.15) is 10.1 Å². The van der Waals surface area contributed by atoms with Gasteiger partial charge in [0, 0.05) is 21.0 Å². The lowest BCUT2D eigenvalue weighted by atomic mass is 9.87. The molecule has 0 radical (unpaired) electrons. The lowest BCUT2D eigenvalue weighted by molar-refractivity contribution is 0.223. The van der Waals surface area contributed by atoms with Crippen LogP contribution in [0.25, 0.3) is 5.70 Å². The van der Waals surface area contributed by atoms with Gasteiger partial charge in [0.2, 0.25) is 5.95 Å². The number of ether oxygens (including phenoxy) is 1. The van der Waals surface area contributed by atoms with Crippen LogP contribution in [0, 0.1) is 5.82 Å². The minimum atomic E-state index is -0.461. The van der Waals surface area contributed by atoms with E-state index in [2.05, 4.69) is 37.4 Å². The third-order valence-corrected chi connectivity index (χ3v) is 7.20. The Morgan fingerprint density at radius 2 is 2.10 bits per heavy atom. The molecule has 5 nitrogen and oxygen atoms in total. The van der Waals surface area contributed by atoms with E-state index in [1.54, 1.807) is 29.5 Å². The van der Waals surface area contributed by atoms with Crippen LogP contribution in [0.4, 0.5) is 10.3 Å². The monoisotopic (exact) mass is 514 g/mol. The van der Waals surface area contributed by atoms with Gasteiger partial charge >= 0.3 is 0 Å². The van der Waals surface area contributed by atoms with Crippen molar-refractivity contribution < 1.29 is 9.13 Å². The fourth-order valence-electron chi connectivity index (χ4n) is 4.11. The molecule has 2 aliphatic heterocycles. The van der Waals surface area contributed by atoms with Crippen LogP contribution in [-0.2, 0) is 0 Å². The first kappa shape index (κ1) is 19.0. The largest absolute Gasteiger partial charge is 0.480 e. The van der Waals surface area contributed by atoms with Crippen LogP contribution in [0.5, 0.6) is 5.75 Å². The van der Waals surface area contributed by atoms with E-state index in [9.17, 15) is 4.39 Å². The van der Waals surface area contributed by atoms with Crippen LogP contribution in [0.1, 0.15) is 28.1 Å². The van der Waals surface area contributed by atoms with Gasteiger partial charge in [0.25, 0.3) is 0 Å². The maximum absolute atomic E-state index is 14.0. The number of aromatic nitrogens is 3. The molecule has 1 N–H and O–H groups in total. The molecule has 0 aliphatic carbocycles. The van der Waals surface area contributed by atoms with Gasteiger partial charge in [0.15, 0.2) is 0 Å². The number of hydrogen-bond donors (Lipinski definition) is 1. The Kier molecular flexibility index (Phi) is 4.41. The molecule has 2 aromatic heterocycles. The highest BCUT2D eigenvalue weighted by Crippen LogP contribution is 2.51. The Morgan fingerprint density at radius 3 is 2.90 bits per heavy atom. The predicted octanol–water partition coefficient (Wildman–Crippen LogP) is 6.45. The number of nitrogens with zero attached hydrogens (tertiary/aromatic N) is 3. The van der Waals surface area contributed by atoms with Gasteiger partial charge in [-0.25, -0.2) is 9.07 Å². The molecule has 6 rings (SSSR count). The van der Waals surface area contributed by atoms with Gasteiger partial charge in [0.05, 0.1) is 10.2 Å². The summed E-state index contributed by atoms with van der Waals surface area (Å²) in [5.74, 6) is 1.01. The van der Waals surface area contributed by atoms with Gasteiger partial charge in [-0.1, -0.05) is 23.7 Å². The molecular formula is C22H13BrClFN4OS. The van der Waals surface area contributed by atoms with Crippen molar-refractivity contribution in [3.63, 3.8) is 0 Å². The quantitative estimate of drug-likeness (QED) is 0.333. The molecule has 2 aromatic carbocycles. The number of anilines is 1. The minimum absolute atomic E-state index is 0.227. The molecule has 0 spiro atoms. The van der Waals surface area contributed by atoms with Crippen molar-refractivity contribution in [1.82, 2.24) is 14.8 Å². The van der Waals surface area contributed by atoms with Gasteiger partial charge in [-0.05, 0) is 63.3 Å². The first-order valence-electron chi connectivity index (χ1n) is 9.45. The number of rotatable bonds is 2. The van der Waals surface area contributed by atoms with E-state index in [0.717, 1.165) is 27.3 Å². The predicted molar refractivity (Wildman–Crippen MR) is 122 cm³/mol. The fraction of sp³-hybridized carbons (Fsp3) is 0.0909. The number of nitrogens with one attached hydrogen (secondary N) is 1. The first-order valence-corrected chi connectivity index (χ1v) is 11.5. The van der Waals surface area contributed by atoms with Gasteiger partial charge in [0.1, 0.15) is 30.0 Å². The van der Waals surface area contributed by atoms with Crippen molar-refractivity contribution in [3.05, 3.63) is 97.1 Å². The summed E-state index contributed by atoms with van der Waals surface area (Å²) in [5, 5.41) is 10.6. The molecular weight excluding hydrogens is 503 g/mol. The van der Waals surface area contributed by atoms with Crippen LogP contribution in [0.2, 0.25) is 5.02 Å². The van der Waals surface area contributed by atoms with Gasteiger partial charge in [-0.3, -0.25) is 0 Å². The highest BCUT2D eigenvalue weighted by molar-refractivity contribution is 9.10. The molecule has 0 fully saturated rings. The number of hydrogen-bond acceptors (Lipinski definition) is 5. The van der Waals surface area contributed by atoms with Crippen LogP contribution < -0.4 is 10.1 Å². The van der Waals surface area contributed by atoms with Crippen molar-refractivity contribution in [1.29, 1.82) is 0 Å². The summed E-state index contributed by atoms with van der Waals surface area (Å²) in [5.41, 5.74) is 3.53. The van der Waals surface area contributed by atoms with Crippen molar-refractivity contribution >= 4 is 50.5 Å². The van der Waals surface area contributed by atoms with Crippen LogP contribution in [-0.4, -0.2) is 14.8 Å². The SMILES string of the molecule is Fc1ccc([C@@H]2Oc3ccc(Cl)cc3C3=C2[C@@H](c2cccs2)n2ncnc2N3)cc1Br. The summed E-state index contributed by atoms with van der Waals surface area (Å²) in [7, 11) is 0. The van der Waals surface area contributed by atoms with Gasteiger partial charge < -0.3 is 10.1 Å². The number of halogens is 3. The minimum Gasteiger partial charge on any atom is -0.480 e. The van der Waals surface area contributed by atoms with Crippen LogP contribution in [0.3, 0.4) is 0 Å². The average molecular weight is 516 g/mol. The Balaban J connectivity index is 1.64. The highest BCUT2D eigenvalue weighted by atomic mass is 79.9. The van der Waals surface area contributed by atoms with Crippen LogP contribution in [0.15, 0.2) is 70.3 Å². The zero-order valence-corrected chi connectivity index (χ0v) is 18.9. The normalized spacial score (nSPS) is 19.2. The van der Waals surface area contributed by atoms with E-state index < -0.39 is 6.10 Å². The molecule has 4 heterocycles. The average Bonchev–Trinajstić information content (AvgIpc) is 3.46. The van der Waals surface area contributed by atoms with E-state index in [4.69, 9.17) is 16.3 Å². The number of thiophene rings is 1. The standard InChI is InChI=1S/C22H13BrClFN4OS/c23-14-8-11(3-5-15(14)25)21-18-19(13-9-12(24)4-6-16(13)30-21)28-22-26-10-27-29(22)20(18)17-2-1-7-31-17/h1-10,20-21H,(H,26,27,28)/t20-,21+/m1/s1. The zero-order chi connectivity index (χ0) is 21.1. The molecule has 154 valence electrons. The Bertz CT molecular complexity index is 1350. The maximum Gasteiger partial charge on any atom is 0.226 e. The zero-order valence-electron chi connectivity index (χ0n) is 15.7. The van der Waals surface area contributed by atoms with E-state index >= 15 is 0 Å². The smallest absolute Gasteiger partial charge is 0.226 e. The summed E-state index contributed by atoms with van der Waals surface area (Å²) in [6.45, 7) is 0. The summed E-state index contributed by atoms with van der Waals surface area (Å²) >= 11 is 11.3. The van der Waals surface area contributed by atoms with E-state index in [0.29, 0.717) is 21.2 Å². The molecule has 31 heavy (non-hydrogen) atoms. The number of benzene rings is 2. The summed E-state index contributed by atoms with van der Waals surface area (Å²) < 4.78 is 22.7. The fourth-order valence-corrected chi connectivity index (χ4v) is 5.51. The van der Waals surface area contributed by atoms with Gasteiger partial charge in [-0.15, -0.1) is 11.3 Å². The lowest BCUT2D eigenvalue weighted by Gasteiger charge is -2.38. The topological polar surface area (TPSA) is 52.0 Å². The summed E-state index contributed by atoms with van der Waals surface area (Å²) in [6.07, 6.45) is 1.07. The van der Waals surface area contributed by atoms with Crippen molar-refractivity contribution in [3.8, 4) is 5.75 Å². The molecule has 0 bridgehead atoms. The van der Waals surface area contributed by atoms with Crippen molar-refractivity contribution in [2.45, 2.75) is 12.1 Å². The molecule has 9 heteroatoms. The Hall–Kier alpha value is -2.68.